The van der Waals surface area contributed by atoms with Crippen molar-refractivity contribution in [2.45, 2.75) is 31.6 Å². The van der Waals surface area contributed by atoms with Crippen molar-refractivity contribution < 1.29 is 13.2 Å². The summed E-state index contributed by atoms with van der Waals surface area (Å²) in [4.78, 5) is 25.8. The maximum Gasteiger partial charge on any atom is 0.255 e. The molecule has 1 amide bonds. The van der Waals surface area contributed by atoms with Gasteiger partial charge in [-0.25, -0.2) is 18.4 Å². The zero-order valence-corrected chi connectivity index (χ0v) is 21.6. The van der Waals surface area contributed by atoms with Crippen LogP contribution in [0.5, 0.6) is 0 Å². The van der Waals surface area contributed by atoms with Crippen LogP contribution in [0, 0.1) is 0 Å². The van der Waals surface area contributed by atoms with Crippen molar-refractivity contribution in [1.82, 2.24) is 15.0 Å². The maximum absolute atomic E-state index is 12.8. The lowest BCUT2D eigenvalue weighted by Crippen LogP contribution is -2.17. The van der Waals surface area contributed by atoms with Crippen LogP contribution in [0.15, 0.2) is 90.9 Å². The molecule has 0 spiro atoms. The minimum absolute atomic E-state index is 0.223. The molecule has 2 aromatic heterocycles. The molecular formula is C28H29N5O3S. The Kier molecular flexibility index (Phi) is 7.93. The van der Waals surface area contributed by atoms with E-state index in [4.69, 9.17) is 0 Å². The molecule has 1 aliphatic carbocycles. The van der Waals surface area contributed by atoms with Crippen molar-refractivity contribution in [3.63, 3.8) is 0 Å². The summed E-state index contributed by atoms with van der Waals surface area (Å²) in [5, 5.41) is 6.26. The second-order valence-electron chi connectivity index (χ2n) is 9.09. The van der Waals surface area contributed by atoms with E-state index >= 15 is 0 Å². The van der Waals surface area contributed by atoms with Gasteiger partial charge in [-0.3, -0.25) is 9.78 Å². The van der Waals surface area contributed by atoms with Crippen LogP contribution in [0.2, 0.25) is 0 Å². The molecule has 9 heteroatoms. The number of pyridine rings is 1. The first-order valence-electron chi connectivity index (χ1n) is 11.8. The molecule has 0 bridgehead atoms. The van der Waals surface area contributed by atoms with Gasteiger partial charge < -0.3 is 10.6 Å². The number of benzene rings is 1. The lowest BCUT2D eigenvalue weighted by Gasteiger charge is -2.13. The number of allylic oxidation sites excluding steroid dienone is 3. The molecule has 2 heterocycles. The van der Waals surface area contributed by atoms with E-state index in [1.165, 1.54) is 23.4 Å². The second-order valence-corrected chi connectivity index (χ2v) is 11.2. The summed E-state index contributed by atoms with van der Waals surface area (Å²) in [6.45, 7) is 5.87. The Hall–Kier alpha value is -4.11. The average Bonchev–Trinajstić information content (AvgIpc) is 3.21. The summed E-state index contributed by atoms with van der Waals surface area (Å²) >= 11 is 0. The van der Waals surface area contributed by atoms with Crippen LogP contribution >= 0.6 is 0 Å². The quantitative estimate of drug-likeness (QED) is 0.387. The van der Waals surface area contributed by atoms with Crippen LogP contribution in [0.4, 0.5) is 11.6 Å². The van der Waals surface area contributed by atoms with Crippen LogP contribution in [0.1, 0.15) is 35.8 Å². The van der Waals surface area contributed by atoms with E-state index in [-0.39, 0.29) is 17.7 Å². The molecule has 1 unspecified atom stereocenters. The predicted molar refractivity (Wildman–Crippen MR) is 147 cm³/mol. The molecule has 0 radical (unpaired) electrons. The van der Waals surface area contributed by atoms with Gasteiger partial charge in [0.15, 0.2) is 9.84 Å². The van der Waals surface area contributed by atoms with Gasteiger partial charge in [-0.05, 0) is 55.2 Å². The van der Waals surface area contributed by atoms with Gasteiger partial charge in [-0.2, -0.15) is 0 Å². The highest BCUT2D eigenvalue weighted by Crippen LogP contribution is 2.29. The number of amides is 1. The highest BCUT2D eigenvalue weighted by atomic mass is 32.2. The van der Waals surface area contributed by atoms with Gasteiger partial charge >= 0.3 is 0 Å². The molecule has 0 saturated carbocycles. The van der Waals surface area contributed by atoms with Crippen molar-refractivity contribution in [2.24, 2.45) is 0 Å². The zero-order chi connectivity index (χ0) is 26.4. The highest BCUT2D eigenvalue weighted by molar-refractivity contribution is 7.89. The third-order valence-corrected chi connectivity index (χ3v) is 6.75. The van der Waals surface area contributed by atoms with Crippen molar-refractivity contribution in [3.8, 4) is 11.1 Å². The third kappa shape index (κ3) is 7.20. The van der Waals surface area contributed by atoms with Crippen LogP contribution in [0.3, 0.4) is 0 Å². The fraction of sp³-hybridized carbons (Fsp3) is 0.214. The lowest BCUT2D eigenvalue weighted by atomic mass is 10.1. The number of hydrogen-bond acceptors (Lipinski definition) is 7. The lowest BCUT2D eigenvalue weighted by molar-refractivity contribution is 0.102. The van der Waals surface area contributed by atoms with Gasteiger partial charge in [0.2, 0.25) is 5.95 Å². The molecule has 37 heavy (non-hydrogen) atoms. The Morgan fingerprint density at radius 1 is 1.11 bits per heavy atom. The number of nitrogens with zero attached hydrogens (tertiary/aromatic N) is 3. The van der Waals surface area contributed by atoms with Crippen molar-refractivity contribution in [2.75, 3.05) is 16.9 Å². The number of carbonyl (C=O) groups is 1. The molecule has 190 valence electrons. The van der Waals surface area contributed by atoms with E-state index in [0.29, 0.717) is 22.9 Å². The molecule has 8 nitrogen and oxygen atoms in total. The Morgan fingerprint density at radius 3 is 2.62 bits per heavy atom. The second kappa shape index (κ2) is 11.3. The molecule has 3 aromatic rings. The van der Waals surface area contributed by atoms with Crippen molar-refractivity contribution >= 4 is 27.4 Å². The molecule has 4 rings (SSSR count). The van der Waals surface area contributed by atoms with Gasteiger partial charge in [0.1, 0.15) is 0 Å². The number of sulfone groups is 1. The molecule has 0 aliphatic heterocycles. The third-order valence-electron chi connectivity index (χ3n) is 5.93. The number of aromatic nitrogens is 3. The number of anilines is 2. The number of hydrogen-bond donors (Lipinski definition) is 2. The average molecular weight is 516 g/mol. The van der Waals surface area contributed by atoms with Gasteiger partial charge in [-0.1, -0.05) is 42.5 Å². The number of nitrogens with one attached hydrogen (secondary N) is 2. The van der Waals surface area contributed by atoms with E-state index in [2.05, 4.69) is 45.2 Å². The highest BCUT2D eigenvalue weighted by Gasteiger charge is 2.20. The number of rotatable bonds is 9. The minimum atomic E-state index is -3.25. The fourth-order valence-corrected chi connectivity index (χ4v) is 4.89. The maximum atomic E-state index is 12.8. The largest absolute Gasteiger partial charge is 0.351 e. The van der Waals surface area contributed by atoms with Crippen LogP contribution in [-0.2, 0) is 15.6 Å². The molecule has 0 saturated heterocycles. The van der Waals surface area contributed by atoms with E-state index in [1.807, 2.05) is 24.3 Å². The molecule has 2 N–H and O–H groups in total. The van der Waals surface area contributed by atoms with Crippen LogP contribution in [0.25, 0.3) is 11.1 Å². The SMILES string of the molecule is C=C/C=C\C1=C(C)CC(Nc2ncc(-c3cccc(NC(=O)c4ccnc(CS(C)(=O)=O)c4)c3)cn2)C1. The summed E-state index contributed by atoms with van der Waals surface area (Å²) in [6, 6.07) is 10.7. The summed E-state index contributed by atoms with van der Waals surface area (Å²) in [5.41, 5.74) is 5.58. The summed E-state index contributed by atoms with van der Waals surface area (Å²) in [7, 11) is -3.25. The Morgan fingerprint density at radius 2 is 1.89 bits per heavy atom. The summed E-state index contributed by atoms with van der Waals surface area (Å²) in [5.74, 6) is -0.00539. The zero-order valence-electron chi connectivity index (χ0n) is 20.8. The minimum Gasteiger partial charge on any atom is -0.351 e. The Bertz CT molecular complexity index is 1480. The van der Waals surface area contributed by atoms with Crippen LogP contribution < -0.4 is 10.6 Å². The summed E-state index contributed by atoms with van der Waals surface area (Å²) in [6.07, 6.45) is 13.8. The van der Waals surface area contributed by atoms with E-state index < -0.39 is 9.84 Å². The summed E-state index contributed by atoms with van der Waals surface area (Å²) < 4.78 is 23.1. The van der Waals surface area contributed by atoms with E-state index in [1.54, 1.807) is 30.6 Å². The van der Waals surface area contributed by atoms with Gasteiger partial charge in [0, 0.05) is 47.7 Å². The Labute approximate surface area is 217 Å². The normalized spacial score (nSPS) is 15.7. The van der Waals surface area contributed by atoms with Crippen molar-refractivity contribution in [3.05, 3.63) is 102 Å². The number of carbonyl (C=O) groups excluding carboxylic acids is 1. The first-order chi connectivity index (χ1) is 17.7. The van der Waals surface area contributed by atoms with Crippen molar-refractivity contribution in [1.29, 1.82) is 0 Å². The van der Waals surface area contributed by atoms with Gasteiger partial charge in [0.05, 0.1) is 11.4 Å². The van der Waals surface area contributed by atoms with E-state index in [9.17, 15) is 13.2 Å². The molecule has 1 atom stereocenters. The van der Waals surface area contributed by atoms with Gasteiger partial charge in [0.25, 0.3) is 5.91 Å². The predicted octanol–water partition coefficient (Wildman–Crippen LogP) is 4.97. The molecule has 0 fully saturated rings. The monoisotopic (exact) mass is 515 g/mol. The molecular weight excluding hydrogens is 486 g/mol. The van der Waals surface area contributed by atoms with Crippen LogP contribution in [-0.4, -0.2) is 41.6 Å². The van der Waals surface area contributed by atoms with E-state index in [0.717, 1.165) is 30.2 Å². The fourth-order valence-electron chi connectivity index (χ4n) is 4.19. The molecule has 1 aliphatic rings. The smallest absolute Gasteiger partial charge is 0.255 e. The Balaban J connectivity index is 1.40. The standard InChI is InChI=1S/C28H29N5O3S/c1-4-5-7-20-13-25(12-19(20)2)33-28-30-16-23(17-31-28)21-8-6-9-24(14-21)32-27(34)22-10-11-29-26(15-22)18-37(3,35)36/h4-11,14-17,25H,1,12-13,18H2,2-3H3,(H,32,34)(H,30,31,33)/b7-5-. The topological polar surface area (TPSA) is 114 Å². The molecule has 1 aromatic carbocycles. The first-order valence-corrected chi connectivity index (χ1v) is 13.9. The first kappa shape index (κ1) is 26.0. The van der Waals surface area contributed by atoms with Gasteiger partial charge in [-0.15, -0.1) is 0 Å².